The second kappa shape index (κ2) is 12.5. The quantitative estimate of drug-likeness (QED) is 0.448. The predicted molar refractivity (Wildman–Crippen MR) is 123 cm³/mol. The standard InChI is InChI=1S/C23H40N4O3/c1-7-24-23(25-13-18-9-8-10-27(16-18)15-17(2)3)26-14-19-11-20(28-4)22(30-6)21(12-19)29-5/h11-12,17-18H,7-10,13-16H2,1-6H3,(H2,24,25,26). The first-order valence-corrected chi connectivity index (χ1v) is 11.0. The number of likely N-dealkylation sites (tertiary alicyclic amines) is 1. The van der Waals surface area contributed by atoms with Gasteiger partial charge < -0.3 is 29.7 Å². The first-order chi connectivity index (χ1) is 14.5. The minimum Gasteiger partial charge on any atom is -0.493 e. The zero-order valence-electron chi connectivity index (χ0n) is 19.6. The van der Waals surface area contributed by atoms with E-state index in [1.807, 2.05) is 12.1 Å². The highest BCUT2D eigenvalue weighted by molar-refractivity contribution is 5.79. The number of ether oxygens (including phenoxy) is 3. The lowest BCUT2D eigenvalue weighted by molar-refractivity contribution is 0.159. The van der Waals surface area contributed by atoms with Crippen LogP contribution in [0.2, 0.25) is 0 Å². The number of hydrogen-bond donors (Lipinski definition) is 2. The maximum Gasteiger partial charge on any atom is 0.203 e. The monoisotopic (exact) mass is 420 g/mol. The van der Waals surface area contributed by atoms with Crippen molar-refractivity contribution in [3.8, 4) is 17.2 Å². The van der Waals surface area contributed by atoms with Gasteiger partial charge in [-0.15, -0.1) is 0 Å². The second-order valence-corrected chi connectivity index (χ2v) is 8.27. The molecule has 0 bridgehead atoms. The molecule has 1 aromatic rings. The molecule has 0 saturated carbocycles. The van der Waals surface area contributed by atoms with Gasteiger partial charge in [0.1, 0.15) is 0 Å². The lowest BCUT2D eigenvalue weighted by Gasteiger charge is -2.34. The number of methoxy groups -OCH3 is 3. The summed E-state index contributed by atoms with van der Waals surface area (Å²) >= 11 is 0. The number of aliphatic imine (C=N–C) groups is 1. The number of guanidine groups is 1. The molecule has 1 atom stereocenters. The van der Waals surface area contributed by atoms with Gasteiger partial charge in [0.25, 0.3) is 0 Å². The molecule has 30 heavy (non-hydrogen) atoms. The fourth-order valence-electron chi connectivity index (χ4n) is 3.98. The summed E-state index contributed by atoms with van der Waals surface area (Å²) in [5.41, 5.74) is 1.00. The van der Waals surface area contributed by atoms with E-state index in [1.54, 1.807) is 21.3 Å². The number of hydrogen-bond acceptors (Lipinski definition) is 5. The predicted octanol–water partition coefficient (Wildman–Crippen LogP) is 3.14. The van der Waals surface area contributed by atoms with Crippen molar-refractivity contribution in [2.24, 2.45) is 16.8 Å². The molecule has 1 saturated heterocycles. The van der Waals surface area contributed by atoms with E-state index in [1.165, 1.54) is 25.9 Å². The molecule has 1 fully saturated rings. The normalized spacial score (nSPS) is 17.7. The molecule has 0 amide bonds. The number of benzene rings is 1. The van der Waals surface area contributed by atoms with Crippen molar-refractivity contribution in [2.75, 3.05) is 54.1 Å². The Morgan fingerprint density at radius 2 is 1.83 bits per heavy atom. The molecule has 2 N–H and O–H groups in total. The largest absolute Gasteiger partial charge is 0.493 e. The van der Waals surface area contributed by atoms with Gasteiger partial charge in [-0.1, -0.05) is 13.8 Å². The molecule has 7 heteroatoms. The SMILES string of the molecule is CCNC(=NCc1cc(OC)c(OC)c(OC)c1)NCC1CCCN(CC(C)C)C1. The second-order valence-electron chi connectivity index (χ2n) is 8.27. The van der Waals surface area contributed by atoms with Gasteiger partial charge in [-0.25, -0.2) is 4.99 Å². The molecule has 1 aliphatic heterocycles. The zero-order chi connectivity index (χ0) is 21.9. The average Bonchev–Trinajstić information content (AvgIpc) is 2.74. The third-order valence-electron chi connectivity index (χ3n) is 5.27. The summed E-state index contributed by atoms with van der Waals surface area (Å²) in [5, 5.41) is 6.89. The van der Waals surface area contributed by atoms with Crippen LogP contribution in [-0.2, 0) is 6.54 Å². The molecule has 1 heterocycles. The number of piperidine rings is 1. The van der Waals surface area contributed by atoms with Gasteiger partial charge in [-0.2, -0.15) is 0 Å². The van der Waals surface area contributed by atoms with E-state index in [0.717, 1.165) is 31.2 Å². The maximum absolute atomic E-state index is 5.45. The van der Waals surface area contributed by atoms with E-state index in [-0.39, 0.29) is 0 Å². The lowest BCUT2D eigenvalue weighted by Crippen LogP contribution is -2.45. The molecular formula is C23H40N4O3. The van der Waals surface area contributed by atoms with Crippen molar-refractivity contribution in [3.05, 3.63) is 17.7 Å². The summed E-state index contributed by atoms with van der Waals surface area (Å²) < 4.78 is 16.3. The van der Waals surface area contributed by atoms with Crippen LogP contribution in [0.15, 0.2) is 17.1 Å². The van der Waals surface area contributed by atoms with Crippen LogP contribution in [0.3, 0.4) is 0 Å². The fourth-order valence-corrected chi connectivity index (χ4v) is 3.98. The van der Waals surface area contributed by atoms with Gasteiger partial charge in [0, 0.05) is 26.2 Å². The third-order valence-corrected chi connectivity index (χ3v) is 5.27. The summed E-state index contributed by atoms with van der Waals surface area (Å²) in [5.74, 6) is 4.10. The Balaban J connectivity index is 2.00. The minimum absolute atomic E-state index is 0.524. The lowest BCUT2D eigenvalue weighted by atomic mass is 9.97. The molecule has 170 valence electrons. The maximum atomic E-state index is 5.45. The topological polar surface area (TPSA) is 67.4 Å². The van der Waals surface area contributed by atoms with E-state index in [9.17, 15) is 0 Å². The third kappa shape index (κ3) is 7.27. The van der Waals surface area contributed by atoms with Crippen LogP contribution in [0.25, 0.3) is 0 Å². The molecule has 7 nitrogen and oxygen atoms in total. The number of nitrogens with zero attached hydrogens (tertiary/aromatic N) is 2. The van der Waals surface area contributed by atoms with Gasteiger partial charge >= 0.3 is 0 Å². The first kappa shape index (κ1) is 24.1. The highest BCUT2D eigenvalue weighted by Gasteiger charge is 2.20. The smallest absolute Gasteiger partial charge is 0.203 e. The van der Waals surface area contributed by atoms with E-state index in [0.29, 0.717) is 35.6 Å². The Morgan fingerprint density at radius 1 is 1.13 bits per heavy atom. The number of nitrogens with one attached hydrogen (secondary N) is 2. The van der Waals surface area contributed by atoms with Crippen LogP contribution < -0.4 is 24.8 Å². The Morgan fingerprint density at radius 3 is 2.40 bits per heavy atom. The fraction of sp³-hybridized carbons (Fsp3) is 0.696. The Bertz CT molecular complexity index is 653. The van der Waals surface area contributed by atoms with Gasteiger partial charge in [0.2, 0.25) is 5.75 Å². The van der Waals surface area contributed by atoms with E-state index in [2.05, 4.69) is 36.3 Å². The van der Waals surface area contributed by atoms with Gasteiger partial charge in [-0.3, -0.25) is 0 Å². The Labute approximate surface area is 182 Å². The van der Waals surface area contributed by atoms with Crippen LogP contribution in [0.4, 0.5) is 0 Å². The zero-order valence-corrected chi connectivity index (χ0v) is 19.6. The van der Waals surface area contributed by atoms with Crippen molar-refractivity contribution < 1.29 is 14.2 Å². The highest BCUT2D eigenvalue weighted by Crippen LogP contribution is 2.38. The summed E-state index contributed by atoms with van der Waals surface area (Å²) in [6, 6.07) is 3.89. The Hall–Kier alpha value is -2.15. The van der Waals surface area contributed by atoms with Crippen LogP contribution >= 0.6 is 0 Å². The van der Waals surface area contributed by atoms with Gasteiger partial charge in [0.05, 0.1) is 27.9 Å². The van der Waals surface area contributed by atoms with Gasteiger partial charge in [0.15, 0.2) is 17.5 Å². The Kier molecular flexibility index (Phi) is 10.1. The van der Waals surface area contributed by atoms with E-state index >= 15 is 0 Å². The summed E-state index contributed by atoms with van der Waals surface area (Å²) in [6.07, 6.45) is 2.55. The highest BCUT2D eigenvalue weighted by atomic mass is 16.5. The van der Waals surface area contributed by atoms with Gasteiger partial charge in [-0.05, 0) is 55.8 Å². The molecule has 0 aromatic heterocycles. The van der Waals surface area contributed by atoms with Crippen molar-refractivity contribution in [1.82, 2.24) is 15.5 Å². The molecule has 1 aromatic carbocycles. The van der Waals surface area contributed by atoms with Crippen LogP contribution in [0.5, 0.6) is 17.2 Å². The molecule has 0 spiro atoms. The van der Waals surface area contributed by atoms with Crippen molar-refractivity contribution in [2.45, 2.75) is 40.2 Å². The van der Waals surface area contributed by atoms with E-state index in [4.69, 9.17) is 19.2 Å². The summed E-state index contributed by atoms with van der Waals surface area (Å²) in [4.78, 5) is 7.37. The molecular weight excluding hydrogens is 380 g/mol. The molecule has 0 radical (unpaired) electrons. The van der Waals surface area contributed by atoms with Crippen molar-refractivity contribution in [3.63, 3.8) is 0 Å². The summed E-state index contributed by atoms with van der Waals surface area (Å²) in [7, 11) is 4.87. The summed E-state index contributed by atoms with van der Waals surface area (Å²) in [6.45, 7) is 12.5. The molecule has 1 aliphatic rings. The number of rotatable bonds is 10. The molecule has 0 aliphatic carbocycles. The first-order valence-electron chi connectivity index (χ1n) is 11.0. The molecule has 1 unspecified atom stereocenters. The van der Waals surface area contributed by atoms with Crippen LogP contribution in [-0.4, -0.2) is 64.9 Å². The minimum atomic E-state index is 0.524. The average molecular weight is 421 g/mol. The van der Waals surface area contributed by atoms with Crippen LogP contribution in [0, 0.1) is 11.8 Å². The van der Waals surface area contributed by atoms with Crippen LogP contribution in [0.1, 0.15) is 39.2 Å². The molecule has 2 rings (SSSR count). The van der Waals surface area contributed by atoms with Crippen molar-refractivity contribution in [1.29, 1.82) is 0 Å². The van der Waals surface area contributed by atoms with E-state index < -0.39 is 0 Å². The van der Waals surface area contributed by atoms with Crippen molar-refractivity contribution >= 4 is 5.96 Å².